The summed E-state index contributed by atoms with van der Waals surface area (Å²) in [6, 6.07) is 2.60. The number of rotatable bonds is 4. The first-order chi connectivity index (χ1) is 10.7. The molecule has 0 saturated carbocycles. The van der Waals surface area contributed by atoms with Gasteiger partial charge in [-0.2, -0.15) is 13.2 Å². The summed E-state index contributed by atoms with van der Waals surface area (Å²) >= 11 is 0. The largest absolute Gasteiger partial charge is 0.416 e. The van der Waals surface area contributed by atoms with E-state index in [1.165, 1.54) is 0 Å². The van der Waals surface area contributed by atoms with E-state index in [9.17, 15) is 28.4 Å². The lowest BCUT2D eigenvalue weighted by Crippen LogP contribution is -2.48. The van der Waals surface area contributed by atoms with Crippen LogP contribution in [-0.4, -0.2) is 53.8 Å². The Hall–Kier alpha value is -1.87. The molecule has 23 heavy (non-hydrogen) atoms. The topological polar surface area (TPSA) is 69.8 Å². The lowest BCUT2D eigenvalue weighted by atomic mass is 10.1. The lowest BCUT2D eigenvalue weighted by molar-refractivity contribution is -0.384. The molecule has 1 aromatic rings. The van der Waals surface area contributed by atoms with Crippen molar-refractivity contribution in [1.29, 1.82) is 0 Å². The van der Waals surface area contributed by atoms with Gasteiger partial charge < -0.3 is 10.0 Å². The molecule has 1 heterocycles. The first-order valence-corrected chi connectivity index (χ1v) is 7.19. The zero-order valence-electron chi connectivity index (χ0n) is 12.6. The highest BCUT2D eigenvalue weighted by atomic mass is 19.4. The normalized spacial score (nSPS) is 18.0. The Balaban J connectivity index is 2.19. The van der Waals surface area contributed by atoms with Gasteiger partial charge in [0.15, 0.2) is 0 Å². The van der Waals surface area contributed by atoms with E-state index in [-0.39, 0.29) is 5.69 Å². The van der Waals surface area contributed by atoms with Crippen LogP contribution >= 0.6 is 0 Å². The maximum atomic E-state index is 12.7. The number of benzene rings is 1. The number of alkyl halides is 3. The van der Waals surface area contributed by atoms with Crippen molar-refractivity contribution in [2.45, 2.75) is 19.2 Å². The minimum absolute atomic E-state index is 0.194. The summed E-state index contributed by atoms with van der Waals surface area (Å²) in [6.07, 6.45) is -5.08. The first-order valence-electron chi connectivity index (χ1n) is 7.19. The number of anilines is 1. The molecule has 1 N–H and O–H groups in total. The molecule has 1 aromatic carbocycles. The number of hydrogen-bond acceptors (Lipinski definition) is 5. The van der Waals surface area contributed by atoms with Crippen molar-refractivity contribution < 1.29 is 23.2 Å². The summed E-state index contributed by atoms with van der Waals surface area (Å²) in [7, 11) is 0. The molecule has 0 aliphatic carbocycles. The number of nitro groups is 1. The number of nitro benzene ring substituents is 1. The smallest absolute Gasteiger partial charge is 0.392 e. The summed E-state index contributed by atoms with van der Waals surface area (Å²) in [5.41, 5.74) is -1.37. The second-order valence-electron chi connectivity index (χ2n) is 5.60. The van der Waals surface area contributed by atoms with Gasteiger partial charge in [-0.3, -0.25) is 15.0 Å². The maximum absolute atomic E-state index is 12.7. The van der Waals surface area contributed by atoms with Crippen molar-refractivity contribution >= 4 is 11.4 Å². The van der Waals surface area contributed by atoms with Gasteiger partial charge in [0.25, 0.3) is 5.69 Å². The van der Waals surface area contributed by atoms with Gasteiger partial charge >= 0.3 is 6.18 Å². The molecule has 1 fully saturated rings. The molecule has 0 unspecified atom stereocenters. The molecule has 6 nitrogen and oxygen atoms in total. The lowest BCUT2D eigenvalue weighted by Gasteiger charge is -2.36. The van der Waals surface area contributed by atoms with Crippen LogP contribution in [0.3, 0.4) is 0 Å². The third kappa shape index (κ3) is 4.32. The number of aliphatic hydroxyl groups is 1. The van der Waals surface area contributed by atoms with Gasteiger partial charge in [0.1, 0.15) is 5.69 Å². The van der Waals surface area contributed by atoms with Crippen LogP contribution in [-0.2, 0) is 6.18 Å². The molecule has 1 aliphatic rings. The molecular weight excluding hydrogens is 315 g/mol. The van der Waals surface area contributed by atoms with E-state index in [0.717, 1.165) is 12.1 Å². The quantitative estimate of drug-likeness (QED) is 0.675. The number of piperazine rings is 1. The van der Waals surface area contributed by atoms with Gasteiger partial charge in [0, 0.05) is 38.8 Å². The van der Waals surface area contributed by atoms with Gasteiger partial charge in [0.2, 0.25) is 0 Å². The van der Waals surface area contributed by atoms with Crippen LogP contribution in [0.25, 0.3) is 0 Å². The van der Waals surface area contributed by atoms with Crippen LogP contribution in [0.15, 0.2) is 18.2 Å². The molecule has 128 valence electrons. The molecule has 1 atom stereocenters. The molecule has 2 rings (SSSR count). The van der Waals surface area contributed by atoms with Crippen LogP contribution < -0.4 is 4.90 Å². The minimum atomic E-state index is -4.61. The Morgan fingerprint density at radius 3 is 2.39 bits per heavy atom. The second-order valence-corrected chi connectivity index (χ2v) is 5.60. The summed E-state index contributed by atoms with van der Waals surface area (Å²) in [6.45, 7) is 4.26. The number of nitrogens with zero attached hydrogens (tertiary/aromatic N) is 3. The van der Waals surface area contributed by atoms with Crippen molar-refractivity contribution in [2.24, 2.45) is 0 Å². The molecule has 0 aromatic heterocycles. The maximum Gasteiger partial charge on any atom is 0.416 e. The van der Waals surface area contributed by atoms with Gasteiger partial charge in [-0.15, -0.1) is 0 Å². The Bertz CT molecular complexity index is 570. The molecular formula is C14H18F3N3O3. The number of aliphatic hydroxyl groups excluding tert-OH is 1. The predicted octanol–water partition coefficient (Wildman–Crippen LogP) is 2.12. The van der Waals surface area contributed by atoms with Gasteiger partial charge in [-0.25, -0.2) is 0 Å². The van der Waals surface area contributed by atoms with Crippen LogP contribution in [0.1, 0.15) is 12.5 Å². The zero-order valence-corrected chi connectivity index (χ0v) is 12.6. The Morgan fingerprint density at radius 2 is 1.91 bits per heavy atom. The third-order valence-electron chi connectivity index (χ3n) is 3.73. The standard InChI is InChI=1S/C14H18F3N3O3/c1-10(21)9-18-4-6-19(7-5-18)12-3-2-11(14(15,16)17)8-13(12)20(22)23/h2-3,8,10,21H,4-7,9H2,1H3/t10-/m1/s1. The second kappa shape index (κ2) is 6.71. The Kier molecular flexibility index (Phi) is 5.10. The third-order valence-corrected chi connectivity index (χ3v) is 3.73. The van der Waals surface area contributed by atoms with Crippen LogP contribution in [0.2, 0.25) is 0 Å². The molecule has 1 aliphatic heterocycles. The predicted molar refractivity (Wildman–Crippen MR) is 78.4 cm³/mol. The van der Waals surface area contributed by atoms with Crippen molar-refractivity contribution in [3.8, 4) is 0 Å². The summed E-state index contributed by atoms with van der Waals surface area (Å²) in [5.74, 6) is 0. The van der Waals surface area contributed by atoms with Gasteiger partial charge in [-0.1, -0.05) is 0 Å². The molecule has 9 heteroatoms. The van der Waals surface area contributed by atoms with Gasteiger partial charge in [-0.05, 0) is 19.1 Å². The number of β-amino-alcohol motifs (C(OH)–C–C–N with tert-alkyl or cyclic N) is 1. The van der Waals surface area contributed by atoms with E-state index in [1.54, 1.807) is 11.8 Å². The SMILES string of the molecule is C[C@@H](O)CN1CCN(c2ccc(C(F)(F)F)cc2[N+](=O)[O-])CC1. The Morgan fingerprint density at radius 1 is 1.30 bits per heavy atom. The number of hydrogen-bond donors (Lipinski definition) is 1. The molecule has 1 saturated heterocycles. The van der Waals surface area contributed by atoms with E-state index < -0.39 is 28.5 Å². The molecule has 0 amide bonds. The van der Waals surface area contributed by atoms with Crippen molar-refractivity contribution in [3.63, 3.8) is 0 Å². The highest BCUT2D eigenvalue weighted by molar-refractivity contribution is 5.65. The van der Waals surface area contributed by atoms with E-state index in [4.69, 9.17) is 0 Å². The fourth-order valence-corrected chi connectivity index (χ4v) is 2.66. The molecule has 0 bridgehead atoms. The average Bonchev–Trinajstić information content (AvgIpc) is 2.46. The van der Waals surface area contributed by atoms with E-state index in [2.05, 4.69) is 0 Å². The number of halogens is 3. The van der Waals surface area contributed by atoms with Crippen molar-refractivity contribution in [1.82, 2.24) is 4.90 Å². The van der Waals surface area contributed by atoms with Gasteiger partial charge in [0.05, 0.1) is 16.6 Å². The summed E-state index contributed by atoms with van der Waals surface area (Å²) < 4.78 is 38.1. The van der Waals surface area contributed by atoms with Crippen molar-refractivity contribution in [2.75, 3.05) is 37.6 Å². The highest BCUT2D eigenvalue weighted by Gasteiger charge is 2.34. The van der Waals surface area contributed by atoms with E-state index >= 15 is 0 Å². The molecule has 0 spiro atoms. The fourth-order valence-electron chi connectivity index (χ4n) is 2.66. The monoisotopic (exact) mass is 333 g/mol. The van der Waals surface area contributed by atoms with Crippen LogP contribution in [0, 0.1) is 10.1 Å². The van der Waals surface area contributed by atoms with E-state index in [1.807, 2.05) is 4.90 Å². The fraction of sp³-hybridized carbons (Fsp3) is 0.571. The molecule has 0 radical (unpaired) electrons. The summed E-state index contributed by atoms with van der Waals surface area (Å²) in [5, 5.41) is 20.5. The highest BCUT2D eigenvalue weighted by Crippen LogP contribution is 2.36. The van der Waals surface area contributed by atoms with Crippen LogP contribution in [0.4, 0.5) is 24.5 Å². The van der Waals surface area contributed by atoms with Crippen LogP contribution in [0.5, 0.6) is 0 Å². The minimum Gasteiger partial charge on any atom is -0.392 e. The average molecular weight is 333 g/mol. The van der Waals surface area contributed by atoms with Crippen molar-refractivity contribution in [3.05, 3.63) is 33.9 Å². The Labute approximate surface area is 131 Å². The van der Waals surface area contributed by atoms with E-state index in [0.29, 0.717) is 38.8 Å². The summed E-state index contributed by atoms with van der Waals surface area (Å²) in [4.78, 5) is 14.1. The first kappa shape index (κ1) is 17.5. The zero-order chi connectivity index (χ0) is 17.2.